The van der Waals surface area contributed by atoms with E-state index in [1.807, 2.05) is 13.8 Å². The van der Waals surface area contributed by atoms with Crippen molar-refractivity contribution in [2.75, 3.05) is 19.7 Å². The molecule has 1 atom stereocenters. The first-order chi connectivity index (χ1) is 19.2. The highest BCUT2D eigenvalue weighted by Gasteiger charge is 2.18. The maximum atomic E-state index is 12.9. The van der Waals surface area contributed by atoms with Crippen LogP contribution >= 0.6 is 0 Å². The molecule has 0 aliphatic rings. The van der Waals surface area contributed by atoms with E-state index >= 15 is 0 Å². The van der Waals surface area contributed by atoms with Gasteiger partial charge in [0.1, 0.15) is 17.1 Å². The molecule has 3 aromatic rings. The number of carbonyl (C=O) groups is 3. The molecule has 1 aromatic carbocycles. The molecule has 0 aliphatic heterocycles. The highest BCUT2D eigenvalue weighted by atomic mass is 16.5. The van der Waals surface area contributed by atoms with Gasteiger partial charge in [0.25, 0.3) is 11.5 Å². The van der Waals surface area contributed by atoms with E-state index in [1.54, 1.807) is 24.3 Å². The smallest absolute Gasteiger partial charge is 0.332 e. The topological polar surface area (TPSA) is 209 Å². The molecule has 3 amide bonds. The van der Waals surface area contributed by atoms with E-state index in [0.29, 0.717) is 48.7 Å². The number of imidazole rings is 1. The first-order valence-corrected chi connectivity index (χ1v) is 13.2. The van der Waals surface area contributed by atoms with Gasteiger partial charge in [0.05, 0.1) is 6.04 Å². The van der Waals surface area contributed by atoms with Crippen LogP contribution in [-0.2, 0) is 27.5 Å². The largest absolute Gasteiger partial charge is 0.484 e. The summed E-state index contributed by atoms with van der Waals surface area (Å²) >= 11 is 0. The van der Waals surface area contributed by atoms with E-state index in [4.69, 9.17) is 16.2 Å². The minimum Gasteiger partial charge on any atom is -0.484 e. The van der Waals surface area contributed by atoms with Gasteiger partial charge in [-0.05, 0) is 43.5 Å². The zero-order valence-electron chi connectivity index (χ0n) is 22.7. The van der Waals surface area contributed by atoms with E-state index in [0.717, 1.165) is 0 Å². The quantitative estimate of drug-likeness (QED) is 0.155. The van der Waals surface area contributed by atoms with E-state index in [1.165, 1.54) is 9.13 Å². The molecule has 0 saturated carbocycles. The Bertz CT molecular complexity index is 1460. The summed E-state index contributed by atoms with van der Waals surface area (Å²) in [6.45, 7) is 4.71. The number of aromatic nitrogens is 4. The van der Waals surface area contributed by atoms with Gasteiger partial charge < -0.3 is 31.8 Å². The van der Waals surface area contributed by atoms with Crippen molar-refractivity contribution in [1.29, 1.82) is 0 Å². The maximum Gasteiger partial charge on any atom is 0.332 e. The van der Waals surface area contributed by atoms with Crippen LogP contribution in [0.2, 0.25) is 0 Å². The number of nitrogens with two attached hydrogens (primary N) is 2. The highest BCUT2D eigenvalue weighted by Crippen LogP contribution is 2.21. The fraction of sp³-hybridized carbons (Fsp3) is 0.462. The summed E-state index contributed by atoms with van der Waals surface area (Å²) in [5.74, 6) is -0.470. The Morgan fingerprint density at radius 2 is 1.68 bits per heavy atom. The molecular formula is C26H36N8O6. The lowest BCUT2D eigenvalue weighted by Crippen LogP contribution is -2.44. The molecule has 0 spiro atoms. The van der Waals surface area contributed by atoms with Crippen LogP contribution < -0.4 is 38.1 Å². The Labute approximate surface area is 230 Å². The Morgan fingerprint density at radius 1 is 1.02 bits per heavy atom. The third-order valence-corrected chi connectivity index (χ3v) is 6.04. The average Bonchev–Trinajstić information content (AvgIpc) is 3.39. The highest BCUT2D eigenvalue weighted by molar-refractivity contribution is 5.83. The lowest BCUT2D eigenvalue weighted by atomic mass is 10.1. The van der Waals surface area contributed by atoms with Gasteiger partial charge in [-0.15, -0.1) is 0 Å². The minimum absolute atomic E-state index is 0.0171. The third kappa shape index (κ3) is 7.56. The van der Waals surface area contributed by atoms with Crippen molar-refractivity contribution in [2.24, 2.45) is 11.5 Å². The summed E-state index contributed by atoms with van der Waals surface area (Å²) in [4.78, 5) is 68.1. The molecule has 0 fully saturated rings. The van der Waals surface area contributed by atoms with Crippen LogP contribution in [0.1, 0.15) is 39.5 Å². The number of primary amides is 1. The van der Waals surface area contributed by atoms with Crippen LogP contribution in [-0.4, -0.2) is 62.6 Å². The lowest BCUT2D eigenvalue weighted by Gasteiger charge is -2.12. The van der Waals surface area contributed by atoms with Crippen LogP contribution in [0.25, 0.3) is 22.6 Å². The molecular weight excluding hydrogens is 520 g/mol. The number of amides is 3. The minimum atomic E-state index is -0.852. The van der Waals surface area contributed by atoms with Gasteiger partial charge in [-0.25, -0.2) is 9.78 Å². The molecule has 0 bridgehead atoms. The number of H-pyrrole nitrogens is 1. The van der Waals surface area contributed by atoms with Crippen molar-refractivity contribution in [3.63, 3.8) is 0 Å². The van der Waals surface area contributed by atoms with E-state index in [9.17, 15) is 24.0 Å². The van der Waals surface area contributed by atoms with Crippen molar-refractivity contribution < 1.29 is 19.1 Å². The molecule has 14 heteroatoms. The number of ether oxygens (including phenoxy) is 1. The van der Waals surface area contributed by atoms with Crippen LogP contribution in [0, 0.1) is 0 Å². The number of carbonyl (C=O) groups excluding carboxylic acids is 3. The molecule has 3 rings (SSSR count). The predicted octanol–water partition coefficient (Wildman–Crippen LogP) is -0.423. The number of fused-ring (bicyclic) bond motifs is 1. The van der Waals surface area contributed by atoms with Crippen molar-refractivity contribution in [2.45, 2.75) is 58.7 Å². The zero-order chi connectivity index (χ0) is 29.2. The molecule has 7 N–H and O–H groups in total. The van der Waals surface area contributed by atoms with Gasteiger partial charge in [0.2, 0.25) is 11.8 Å². The lowest BCUT2D eigenvalue weighted by molar-refractivity contribution is -0.124. The Morgan fingerprint density at radius 3 is 2.33 bits per heavy atom. The van der Waals surface area contributed by atoms with Gasteiger partial charge in [-0.2, -0.15) is 0 Å². The van der Waals surface area contributed by atoms with Gasteiger partial charge >= 0.3 is 5.69 Å². The molecule has 0 saturated heterocycles. The van der Waals surface area contributed by atoms with Crippen LogP contribution in [0.4, 0.5) is 0 Å². The summed E-state index contributed by atoms with van der Waals surface area (Å²) in [5.41, 5.74) is 11.2. The summed E-state index contributed by atoms with van der Waals surface area (Å²) in [7, 11) is 0. The van der Waals surface area contributed by atoms with Crippen LogP contribution in [0.15, 0.2) is 33.9 Å². The van der Waals surface area contributed by atoms with Crippen molar-refractivity contribution in [3.05, 3.63) is 45.1 Å². The number of aromatic amines is 1. The van der Waals surface area contributed by atoms with Crippen LogP contribution in [0.5, 0.6) is 5.75 Å². The zero-order valence-corrected chi connectivity index (χ0v) is 22.7. The molecule has 14 nitrogen and oxygen atoms in total. The van der Waals surface area contributed by atoms with E-state index in [2.05, 4.69) is 20.6 Å². The second kappa shape index (κ2) is 14.1. The van der Waals surface area contributed by atoms with Gasteiger partial charge in [-0.1, -0.05) is 13.8 Å². The van der Waals surface area contributed by atoms with Crippen molar-refractivity contribution >= 4 is 28.9 Å². The summed E-state index contributed by atoms with van der Waals surface area (Å²) in [6, 6.07) is 5.94. The Hall–Kier alpha value is -4.46. The number of rotatable bonds is 15. The second-order valence-electron chi connectivity index (χ2n) is 9.24. The second-order valence-corrected chi connectivity index (χ2v) is 9.24. The number of hydrogen-bond acceptors (Lipinski definition) is 8. The van der Waals surface area contributed by atoms with E-state index < -0.39 is 23.4 Å². The molecule has 0 aliphatic carbocycles. The molecule has 0 radical (unpaired) electrons. The SMILES string of the molecule is CCCn1c(=O)c2[nH]c(-c3ccc(OCC(=O)NCCNC(=O)[C@@H](N)CCC(N)=O)cc3)nc2n(CCC)c1=O. The average molecular weight is 557 g/mol. The summed E-state index contributed by atoms with van der Waals surface area (Å²) < 4.78 is 8.28. The predicted molar refractivity (Wildman–Crippen MR) is 149 cm³/mol. The number of benzene rings is 1. The fourth-order valence-electron chi connectivity index (χ4n) is 4.01. The normalized spacial score (nSPS) is 11.8. The molecule has 216 valence electrons. The monoisotopic (exact) mass is 556 g/mol. The number of nitrogens with zero attached hydrogens (tertiary/aromatic N) is 3. The summed E-state index contributed by atoms with van der Waals surface area (Å²) in [5, 5.41) is 5.19. The molecule has 40 heavy (non-hydrogen) atoms. The third-order valence-electron chi connectivity index (χ3n) is 6.04. The number of hydrogen-bond donors (Lipinski definition) is 5. The van der Waals surface area contributed by atoms with Crippen molar-refractivity contribution in [3.8, 4) is 17.1 Å². The first kappa shape index (κ1) is 30.1. The fourth-order valence-corrected chi connectivity index (χ4v) is 4.01. The Balaban J connectivity index is 1.56. The molecule has 0 unspecified atom stereocenters. The first-order valence-electron chi connectivity index (χ1n) is 13.2. The molecule has 2 aromatic heterocycles. The van der Waals surface area contributed by atoms with Gasteiger partial charge in [0.15, 0.2) is 12.3 Å². The van der Waals surface area contributed by atoms with Gasteiger partial charge in [-0.3, -0.25) is 28.3 Å². The maximum absolute atomic E-state index is 12.9. The Kier molecular flexibility index (Phi) is 10.6. The summed E-state index contributed by atoms with van der Waals surface area (Å²) in [6.07, 6.45) is 1.53. The van der Waals surface area contributed by atoms with Crippen LogP contribution in [0.3, 0.4) is 0 Å². The van der Waals surface area contributed by atoms with Crippen molar-refractivity contribution in [1.82, 2.24) is 29.7 Å². The van der Waals surface area contributed by atoms with E-state index in [-0.39, 0.29) is 49.7 Å². The van der Waals surface area contributed by atoms with Gasteiger partial charge in [0, 0.05) is 38.2 Å². The number of aryl methyl sites for hydroxylation is 1. The standard InChI is InChI=1S/C26H36N8O6/c1-3-13-33-23-21(25(38)34(14-4-2)26(33)39)31-22(32-23)16-5-7-17(8-6-16)40-15-20(36)29-11-12-30-24(37)18(27)9-10-19(28)35/h5-8,18H,3-4,9-15,27H2,1-2H3,(H2,28,35)(H,29,36)(H,30,37)(H,31,32)/t18-/m0/s1. The molecule has 2 heterocycles. The number of nitrogens with one attached hydrogen (secondary N) is 3.